The molecule has 1 aromatic rings. The van der Waals surface area contributed by atoms with Crippen LogP contribution in [-0.4, -0.2) is 5.91 Å². The highest BCUT2D eigenvalue weighted by molar-refractivity contribution is 5.99. The molecule has 0 aliphatic carbocycles. The van der Waals surface area contributed by atoms with Crippen molar-refractivity contribution in [3.63, 3.8) is 0 Å². The lowest BCUT2D eigenvalue weighted by molar-refractivity contribution is 0.0953. The number of hydrogen-bond donors (Lipinski definition) is 1. The third-order valence-electron chi connectivity index (χ3n) is 2.53. The molecular weight excluding hydrogens is 174 g/mol. The minimum atomic E-state index is 0.0552. The smallest absolute Gasteiger partial charge is 0.252 e. The summed E-state index contributed by atoms with van der Waals surface area (Å²) < 4.78 is 0. The molecule has 73 valence electrons. The fourth-order valence-electron chi connectivity index (χ4n) is 1.91. The van der Waals surface area contributed by atoms with Crippen molar-refractivity contribution in [1.82, 2.24) is 5.32 Å². The van der Waals surface area contributed by atoms with E-state index in [0.29, 0.717) is 5.92 Å². The molecular formula is C12H14NO. The Morgan fingerprint density at radius 3 is 3.07 bits per heavy atom. The number of carbonyl (C=O) groups excluding carboxylic acids is 1. The van der Waals surface area contributed by atoms with Crippen LogP contribution < -0.4 is 5.32 Å². The maximum Gasteiger partial charge on any atom is 0.252 e. The quantitative estimate of drug-likeness (QED) is 0.758. The van der Waals surface area contributed by atoms with E-state index in [1.54, 1.807) is 6.07 Å². The summed E-state index contributed by atoms with van der Waals surface area (Å²) in [6, 6.07) is 8.76. The number of hydrogen-bond acceptors (Lipinski definition) is 1. The molecule has 1 aromatic carbocycles. The number of benzene rings is 1. The molecule has 1 heterocycles. The Morgan fingerprint density at radius 2 is 2.36 bits per heavy atom. The first-order valence-corrected chi connectivity index (χ1v) is 4.99. The SMILES string of the molecule is CC(C)CC1NC(=O)c2cc[c]cc21. The fraction of sp³-hybridized carbons (Fsp3) is 0.417. The van der Waals surface area contributed by atoms with Gasteiger partial charge in [0.15, 0.2) is 0 Å². The summed E-state index contributed by atoms with van der Waals surface area (Å²) in [5, 5.41) is 2.99. The van der Waals surface area contributed by atoms with E-state index in [0.717, 1.165) is 17.5 Å². The Morgan fingerprint density at radius 1 is 1.57 bits per heavy atom. The van der Waals surface area contributed by atoms with Crippen molar-refractivity contribution in [2.75, 3.05) is 0 Å². The predicted octanol–water partition coefficient (Wildman–Crippen LogP) is 2.32. The molecule has 1 atom stereocenters. The van der Waals surface area contributed by atoms with Gasteiger partial charge in [0, 0.05) is 5.56 Å². The van der Waals surface area contributed by atoms with E-state index in [1.165, 1.54) is 0 Å². The van der Waals surface area contributed by atoms with Crippen LogP contribution in [0.2, 0.25) is 0 Å². The molecule has 0 fully saturated rings. The third kappa shape index (κ3) is 1.52. The lowest BCUT2D eigenvalue weighted by atomic mass is 9.97. The molecule has 1 unspecified atom stereocenters. The van der Waals surface area contributed by atoms with Crippen molar-refractivity contribution in [3.05, 3.63) is 35.4 Å². The van der Waals surface area contributed by atoms with Gasteiger partial charge in [0.05, 0.1) is 6.04 Å². The molecule has 2 nitrogen and oxygen atoms in total. The van der Waals surface area contributed by atoms with E-state index < -0.39 is 0 Å². The van der Waals surface area contributed by atoms with Gasteiger partial charge >= 0.3 is 0 Å². The van der Waals surface area contributed by atoms with E-state index >= 15 is 0 Å². The second-order valence-electron chi connectivity index (χ2n) is 4.17. The van der Waals surface area contributed by atoms with Gasteiger partial charge in [0.25, 0.3) is 5.91 Å². The van der Waals surface area contributed by atoms with Gasteiger partial charge < -0.3 is 5.32 Å². The van der Waals surface area contributed by atoms with E-state index in [1.807, 2.05) is 12.1 Å². The monoisotopic (exact) mass is 188 g/mol. The van der Waals surface area contributed by atoms with E-state index in [2.05, 4.69) is 25.2 Å². The normalized spacial score (nSPS) is 19.6. The number of fused-ring (bicyclic) bond motifs is 1. The first-order chi connectivity index (χ1) is 6.68. The molecule has 0 saturated carbocycles. The Kier molecular flexibility index (Phi) is 2.28. The van der Waals surface area contributed by atoms with Gasteiger partial charge in [-0.1, -0.05) is 19.9 Å². The summed E-state index contributed by atoms with van der Waals surface area (Å²) in [5.41, 5.74) is 1.92. The standard InChI is InChI=1S/C12H14NO/c1-8(2)7-11-9-5-3-4-6-10(9)12(14)13-11/h4-6,8,11H,7H2,1-2H3,(H,13,14). The van der Waals surface area contributed by atoms with Crippen LogP contribution in [0.25, 0.3) is 0 Å². The maximum absolute atomic E-state index is 11.5. The second kappa shape index (κ2) is 3.45. The summed E-state index contributed by atoms with van der Waals surface area (Å²) >= 11 is 0. The fourth-order valence-corrected chi connectivity index (χ4v) is 1.91. The largest absolute Gasteiger partial charge is 0.345 e. The summed E-state index contributed by atoms with van der Waals surface area (Å²) in [7, 11) is 0. The molecule has 1 radical (unpaired) electrons. The summed E-state index contributed by atoms with van der Waals surface area (Å²) in [6.07, 6.45) is 0.997. The number of rotatable bonds is 2. The zero-order valence-corrected chi connectivity index (χ0v) is 8.50. The lowest BCUT2D eigenvalue weighted by Gasteiger charge is -2.13. The predicted molar refractivity (Wildman–Crippen MR) is 54.9 cm³/mol. The molecule has 0 saturated heterocycles. The minimum Gasteiger partial charge on any atom is -0.345 e. The molecule has 0 spiro atoms. The number of amides is 1. The van der Waals surface area contributed by atoms with Crippen LogP contribution in [0.1, 0.15) is 42.2 Å². The molecule has 1 amide bonds. The minimum absolute atomic E-state index is 0.0552. The molecule has 2 rings (SSSR count). The Bertz CT molecular complexity index is 357. The molecule has 1 aliphatic heterocycles. The topological polar surface area (TPSA) is 29.1 Å². The van der Waals surface area contributed by atoms with Gasteiger partial charge in [-0.3, -0.25) is 4.79 Å². The van der Waals surface area contributed by atoms with Gasteiger partial charge in [0.2, 0.25) is 0 Å². The van der Waals surface area contributed by atoms with E-state index in [-0.39, 0.29) is 11.9 Å². The van der Waals surface area contributed by atoms with Gasteiger partial charge in [-0.25, -0.2) is 0 Å². The van der Waals surface area contributed by atoms with Gasteiger partial charge in [-0.2, -0.15) is 0 Å². The lowest BCUT2D eigenvalue weighted by Crippen LogP contribution is -2.20. The average Bonchev–Trinajstić information content (AvgIpc) is 2.44. The van der Waals surface area contributed by atoms with Gasteiger partial charge in [0.1, 0.15) is 0 Å². The highest BCUT2D eigenvalue weighted by Crippen LogP contribution is 2.29. The first kappa shape index (κ1) is 9.25. The Labute approximate surface area is 84.3 Å². The maximum atomic E-state index is 11.5. The molecule has 1 N–H and O–H groups in total. The molecule has 1 aliphatic rings. The first-order valence-electron chi connectivity index (χ1n) is 4.99. The van der Waals surface area contributed by atoms with Crippen LogP contribution in [0.3, 0.4) is 0 Å². The molecule has 0 aromatic heterocycles. The van der Waals surface area contributed by atoms with Crippen LogP contribution in [0.4, 0.5) is 0 Å². The second-order valence-corrected chi connectivity index (χ2v) is 4.17. The third-order valence-corrected chi connectivity index (χ3v) is 2.53. The highest BCUT2D eigenvalue weighted by atomic mass is 16.2. The van der Waals surface area contributed by atoms with Crippen LogP contribution in [0, 0.1) is 12.0 Å². The van der Waals surface area contributed by atoms with Crippen molar-refractivity contribution >= 4 is 5.91 Å². The van der Waals surface area contributed by atoms with Crippen LogP contribution in [0.15, 0.2) is 18.2 Å². The number of carbonyl (C=O) groups is 1. The molecule has 0 bridgehead atoms. The van der Waals surface area contributed by atoms with Crippen molar-refractivity contribution in [2.24, 2.45) is 5.92 Å². The van der Waals surface area contributed by atoms with Crippen LogP contribution >= 0.6 is 0 Å². The summed E-state index contributed by atoms with van der Waals surface area (Å²) in [6.45, 7) is 4.33. The van der Waals surface area contributed by atoms with E-state index in [4.69, 9.17) is 0 Å². The number of nitrogens with one attached hydrogen (secondary N) is 1. The zero-order valence-electron chi connectivity index (χ0n) is 8.50. The zero-order chi connectivity index (χ0) is 10.1. The average molecular weight is 188 g/mol. The van der Waals surface area contributed by atoms with Gasteiger partial charge in [-0.15, -0.1) is 0 Å². The van der Waals surface area contributed by atoms with Crippen molar-refractivity contribution in [1.29, 1.82) is 0 Å². The van der Waals surface area contributed by atoms with Gasteiger partial charge in [-0.05, 0) is 36.1 Å². The molecule has 14 heavy (non-hydrogen) atoms. The van der Waals surface area contributed by atoms with Crippen molar-refractivity contribution in [2.45, 2.75) is 26.3 Å². The van der Waals surface area contributed by atoms with Crippen molar-refractivity contribution in [3.8, 4) is 0 Å². The van der Waals surface area contributed by atoms with Crippen LogP contribution in [-0.2, 0) is 0 Å². The molecule has 2 heteroatoms. The Balaban J connectivity index is 2.30. The Hall–Kier alpha value is -1.31. The van der Waals surface area contributed by atoms with E-state index in [9.17, 15) is 4.79 Å². The summed E-state index contributed by atoms with van der Waals surface area (Å²) in [4.78, 5) is 11.5. The van der Waals surface area contributed by atoms with Crippen LogP contribution in [0.5, 0.6) is 0 Å². The summed E-state index contributed by atoms with van der Waals surface area (Å²) in [5.74, 6) is 0.645. The highest BCUT2D eigenvalue weighted by Gasteiger charge is 2.27. The van der Waals surface area contributed by atoms with Crippen molar-refractivity contribution < 1.29 is 4.79 Å².